The fourth-order valence-electron chi connectivity index (χ4n) is 2.85. The number of aliphatic hydroxyl groups excluding tert-OH is 1. The number of carbonyl (C=O) groups is 1. The van der Waals surface area contributed by atoms with Gasteiger partial charge in [-0.3, -0.25) is 15.6 Å². The van der Waals surface area contributed by atoms with Crippen LogP contribution in [-0.2, 0) is 4.79 Å². The highest BCUT2D eigenvalue weighted by atomic mass is 32.2. The van der Waals surface area contributed by atoms with Crippen molar-refractivity contribution >= 4 is 23.4 Å². The summed E-state index contributed by atoms with van der Waals surface area (Å²) in [6, 6.07) is 7.06. The van der Waals surface area contributed by atoms with Crippen LogP contribution in [0.15, 0.2) is 24.3 Å². The number of thioether (sulfide) groups is 1. The Morgan fingerprint density at radius 2 is 1.96 bits per heavy atom. The van der Waals surface area contributed by atoms with Gasteiger partial charge in [-0.2, -0.15) is 11.8 Å². The van der Waals surface area contributed by atoms with Crippen LogP contribution in [-0.4, -0.2) is 34.7 Å². The number of benzene rings is 1. The molecule has 1 aliphatic rings. The molecule has 1 fully saturated rings. The van der Waals surface area contributed by atoms with Crippen molar-refractivity contribution in [3.05, 3.63) is 29.8 Å². The van der Waals surface area contributed by atoms with E-state index in [1.165, 1.54) is 32.1 Å². The third-order valence-electron chi connectivity index (χ3n) is 4.44. The van der Waals surface area contributed by atoms with Crippen LogP contribution in [0.1, 0.15) is 37.7 Å². The minimum absolute atomic E-state index is 0.499. The van der Waals surface area contributed by atoms with Crippen LogP contribution < -0.4 is 16.6 Å². The van der Waals surface area contributed by atoms with Gasteiger partial charge in [0.1, 0.15) is 6.10 Å². The smallest absolute Gasteiger partial charge is 0.268 e. The Morgan fingerprint density at radius 3 is 2.62 bits per heavy atom. The van der Waals surface area contributed by atoms with Crippen molar-refractivity contribution in [2.75, 3.05) is 16.9 Å². The molecule has 2 atom stereocenters. The Bertz CT molecular complexity index is 503. The van der Waals surface area contributed by atoms with E-state index >= 15 is 0 Å². The quantitative estimate of drug-likeness (QED) is 0.540. The maximum absolute atomic E-state index is 12.0. The molecule has 134 valence electrons. The van der Waals surface area contributed by atoms with E-state index in [4.69, 9.17) is 5.73 Å². The molecule has 0 bridgehead atoms. The van der Waals surface area contributed by atoms with Crippen molar-refractivity contribution in [2.45, 2.75) is 51.2 Å². The van der Waals surface area contributed by atoms with Gasteiger partial charge in [0.25, 0.3) is 5.91 Å². The summed E-state index contributed by atoms with van der Waals surface area (Å²) in [5, 5.41) is 10.1. The average molecular weight is 352 g/mol. The minimum Gasteiger partial charge on any atom is -0.382 e. The number of nitrogens with one attached hydrogen (secondary N) is 2. The summed E-state index contributed by atoms with van der Waals surface area (Å²) >= 11 is 1.74. The zero-order valence-electron chi connectivity index (χ0n) is 14.3. The van der Waals surface area contributed by atoms with Crippen molar-refractivity contribution in [1.29, 1.82) is 0 Å². The molecular formula is C18H29N3O2S. The first-order chi connectivity index (χ1) is 11.6. The number of hydrogen-bond donors (Lipinski definition) is 4. The topological polar surface area (TPSA) is 87.4 Å². The van der Waals surface area contributed by atoms with Gasteiger partial charge < -0.3 is 10.8 Å². The first kappa shape index (κ1) is 19.1. The normalized spacial score (nSPS) is 18.0. The number of anilines is 1. The first-order valence-electron chi connectivity index (χ1n) is 8.70. The molecule has 24 heavy (non-hydrogen) atoms. The molecule has 0 aliphatic heterocycles. The van der Waals surface area contributed by atoms with Crippen LogP contribution in [0, 0.1) is 12.8 Å². The van der Waals surface area contributed by atoms with Gasteiger partial charge in [-0.25, -0.2) is 0 Å². The maximum Gasteiger partial charge on any atom is 0.268 e. The van der Waals surface area contributed by atoms with Crippen molar-refractivity contribution in [2.24, 2.45) is 11.7 Å². The molecule has 6 heteroatoms. The van der Waals surface area contributed by atoms with Crippen molar-refractivity contribution < 1.29 is 9.90 Å². The fraction of sp³-hybridized carbons (Fsp3) is 0.611. The molecule has 0 saturated heterocycles. The summed E-state index contributed by atoms with van der Waals surface area (Å²) in [6.07, 6.45) is 5.40. The average Bonchev–Trinajstić information content (AvgIpc) is 2.61. The van der Waals surface area contributed by atoms with Crippen LogP contribution in [0.4, 0.5) is 5.69 Å². The van der Waals surface area contributed by atoms with Gasteiger partial charge in [-0.1, -0.05) is 37.0 Å². The van der Waals surface area contributed by atoms with Gasteiger partial charge in [0.05, 0.1) is 5.69 Å². The monoisotopic (exact) mass is 351 g/mol. The van der Waals surface area contributed by atoms with E-state index in [1.54, 1.807) is 11.8 Å². The molecule has 1 aromatic rings. The van der Waals surface area contributed by atoms with E-state index in [-0.39, 0.29) is 0 Å². The number of aryl methyl sites for hydroxylation is 1. The number of rotatable bonds is 8. The maximum atomic E-state index is 12.0. The van der Waals surface area contributed by atoms with Crippen LogP contribution in [0.3, 0.4) is 0 Å². The number of amides is 1. The number of aliphatic hydroxyl groups is 1. The standard InChI is InChI=1S/C18H29N3O2S/c1-13-7-9-15(10-8-13)20-21-18(23)17(22)16(19)12-24-11-14-5-3-2-4-6-14/h7-10,14,16-17,20,22H,2-6,11-12,19H2,1H3,(H,21,23)/t16-,17?/m1/s1. The molecular weight excluding hydrogens is 322 g/mol. The Hall–Kier alpha value is -1.24. The summed E-state index contributed by atoms with van der Waals surface area (Å²) in [5.74, 6) is 1.94. The Morgan fingerprint density at radius 1 is 1.29 bits per heavy atom. The molecule has 5 nitrogen and oxygen atoms in total. The van der Waals surface area contributed by atoms with E-state index in [1.807, 2.05) is 31.2 Å². The lowest BCUT2D eigenvalue weighted by Crippen LogP contribution is -2.49. The summed E-state index contributed by atoms with van der Waals surface area (Å²) in [7, 11) is 0. The summed E-state index contributed by atoms with van der Waals surface area (Å²) in [4.78, 5) is 12.0. The van der Waals surface area contributed by atoms with Crippen LogP contribution >= 0.6 is 11.8 Å². The number of hydrogen-bond acceptors (Lipinski definition) is 5. The molecule has 2 rings (SSSR count). The van der Waals surface area contributed by atoms with Crippen molar-refractivity contribution in [1.82, 2.24) is 5.43 Å². The van der Waals surface area contributed by atoms with Crippen LogP contribution in [0.2, 0.25) is 0 Å². The molecule has 0 aromatic heterocycles. The number of carbonyl (C=O) groups excluding carboxylic acids is 1. The third kappa shape index (κ3) is 6.34. The highest BCUT2D eigenvalue weighted by Gasteiger charge is 2.23. The second-order valence-corrected chi connectivity index (χ2v) is 7.71. The Kier molecular flexibility index (Phi) is 7.88. The van der Waals surface area contributed by atoms with Gasteiger partial charge >= 0.3 is 0 Å². The summed E-state index contributed by atoms with van der Waals surface area (Å²) in [6.45, 7) is 2.00. The van der Waals surface area contributed by atoms with E-state index in [0.29, 0.717) is 5.75 Å². The fourth-order valence-corrected chi connectivity index (χ4v) is 4.11. The van der Waals surface area contributed by atoms with E-state index in [9.17, 15) is 9.90 Å². The lowest BCUT2D eigenvalue weighted by molar-refractivity contribution is -0.129. The van der Waals surface area contributed by atoms with Gasteiger partial charge in [0.15, 0.2) is 0 Å². The largest absolute Gasteiger partial charge is 0.382 e. The zero-order chi connectivity index (χ0) is 17.4. The Balaban J connectivity index is 1.66. The van der Waals surface area contributed by atoms with Crippen LogP contribution in [0.5, 0.6) is 0 Å². The second kappa shape index (κ2) is 9.91. The van der Waals surface area contributed by atoms with Crippen molar-refractivity contribution in [3.8, 4) is 0 Å². The Labute approximate surface area is 148 Å². The first-order valence-corrected chi connectivity index (χ1v) is 9.85. The highest BCUT2D eigenvalue weighted by Crippen LogP contribution is 2.26. The number of hydrazine groups is 1. The lowest BCUT2D eigenvalue weighted by atomic mass is 9.91. The minimum atomic E-state index is -1.21. The third-order valence-corrected chi connectivity index (χ3v) is 5.77. The molecule has 5 N–H and O–H groups in total. The zero-order valence-corrected chi connectivity index (χ0v) is 15.1. The second-order valence-electron chi connectivity index (χ2n) is 6.63. The van der Waals surface area contributed by atoms with Crippen LogP contribution in [0.25, 0.3) is 0 Å². The molecule has 1 saturated carbocycles. The van der Waals surface area contributed by atoms with Crippen molar-refractivity contribution in [3.63, 3.8) is 0 Å². The van der Waals surface area contributed by atoms with Gasteiger partial charge in [-0.15, -0.1) is 0 Å². The van der Waals surface area contributed by atoms with E-state index in [2.05, 4.69) is 10.9 Å². The molecule has 1 unspecified atom stereocenters. The summed E-state index contributed by atoms with van der Waals surface area (Å²) in [5.41, 5.74) is 13.2. The van der Waals surface area contributed by atoms with Gasteiger partial charge in [0.2, 0.25) is 0 Å². The molecule has 0 radical (unpaired) electrons. The molecule has 1 aliphatic carbocycles. The van der Waals surface area contributed by atoms with Gasteiger partial charge in [0, 0.05) is 11.8 Å². The molecule has 1 aromatic carbocycles. The molecule has 1 amide bonds. The predicted octanol–water partition coefficient (Wildman–Crippen LogP) is 2.44. The highest BCUT2D eigenvalue weighted by molar-refractivity contribution is 7.99. The predicted molar refractivity (Wildman–Crippen MR) is 101 cm³/mol. The lowest BCUT2D eigenvalue weighted by Gasteiger charge is -2.23. The summed E-state index contributed by atoms with van der Waals surface area (Å²) < 4.78 is 0. The molecule has 0 heterocycles. The van der Waals surface area contributed by atoms with E-state index < -0.39 is 18.1 Å². The van der Waals surface area contributed by atoms with E-state index in [0.717, 1.165) is 22.9 Å². The molecule has 0 spiro atoms. The number of nitrogens with two attached hydrogens (primary N) is 1. The van der Waals surface area contributed by atoms with Gasteiger partial charge in [-0.05, 0) is 43.6 Å². The SMILES string of the molecule is Cc1ccc(NNC(=O)C(O)[C@H](N)CSCC2CCCCC2)cc1.